The molecule has 0 bridgehead atoms. The third kappa shape index (κ3) is 7.42. The van der Waals surface area contributed by atoms with Crippen molar-refractivity contribution in [3.63, 3.8) is 0 Å². The van der Waals surface area contributed by atoms with Gasteiger partial charge in [-0.2, -0.15) is 0 Å². The van der Waals surface area contributed by atoms with E-state index < -0.39 is 23.7 Å². The Balaban J connectivity index is 2.40. The monoisotopic (exact) mass is 307 g/mol. The van der Waals surface area contributed by atoms with Crippen LogP contribution in [-0.4, -0.2) is 30.0 Å². The molecule has 0 saturated carbocycles. The maximum atomic E-state index is 11.6. The minimum absolute atomic E-state index is 0.0880. The fraction of sp³-hybridized carbons (Fsp3) is 0.438. The van der Waals surface area contributed by atoms with Crippen LogP contribution < -0.4 is 5.32 Å². The van der Waals surface area contributed by atoms with E-state index >= 15 is 0 Å². The van der Waals surface area contributed by atoms with Crippen LogP contribution in [-0.2, 0) is 25.7 Å². The lowest BCUT2D eigenvalue weighted by Crippen LogP contribution is -2.39. The molecule has 22 heavy (non-hydrogen) atoms. The summed E-state index contributed by atoms with van der Waals surface area (Å²) in [7, 11) is 0. The van der Waals surface area contributed by atoms with Crippen LogP contribution in [0.1, 0.15) is 32.8 Å². The Morgan fingerprint density at radius 3 is 2.41 bits per heavy atom. The molecule has 1 unspecified atom stereocenters. The average Bonchev–Trinajstić information content (AvgIpc) is 2.43. The molecule has 120 valence electrons. The number of benzene rings is 1. The zero-order chi connectivity index (χ0) is 16.6. The van der Waals surface area contributed by atoms with Gasteiger partial charge in [0.1, 0.15) is 18.5 Å². The highest BCUT2D eigenvalue weighted by Crippen LogP contribution is 2.09. The van der Waals surface area contributed by atoms with Gasteiger partial charge in [-0.05, 0) is 26.3 Å². The predicted molar refractivity (Wildman–Crippen MR) is 80.1 cm³/mol. The molecule has 1 amide bonds. The van der Waals surface area contributed by atoms with Gasteiger partial charge in [-0.15, -0.1) is 0 Å². The van der Waals surface area contributed by atoms with Gasteiger partial charge >= 0.3 is 12.1 Å². The zero-order valence-electron chi connectivity index (χ0n) is 13.0. The summed E-state index contributed by atoms with van der Waals surface area (Å²) in [5, 5.41) is 2.32. The summed E-state index contributed by atoms with van der Waals surface area (Å²) >= 11 is 0. The van der Waals surface area contributed by atoms with Crippen LogP contribution in [0.25, 0.3) is 0 Å². The highest BCUT2D eigenvalue weighted by Gasteiger charge is 2.21. The van der Waals surface area contributed by atoms with Crippen molar-refractivity contribution >= 4 is 18.3 Å². The van der Waals surface area contributed by atoms with Crippen LogP contribution in [0, 0.1) is 0 Å². The minimum atomic E-state index is -0.974. The molecule has 0 saturated heterocycles. The Kier molecular flexibility index (Phi) is 6.56. The summed E-state index contributed by atoms with van der Waals surface area (Å²) in [6.07, 6.45) is -0.515. The highest BCUT2D eigenvalue weighted by molar-refractivity contribution is 5.79. The van der Waals surface area contributed by atoms with Crippen molar-refractivity contribution in [2.45, 2.75) is 45.4 Å². The summed E-state index contributed by atoms with van der Waals surface area (Å²) in [5.74, 6) is -0.562. The molecule has 0 aliphatic heterocycles. The van der Waals surface area contributed by atoms with Crippen molar-refractivity contribution < 1.29 is 23.9 Å². The van der Waals surface area contributed by atoms with Gasteiger partial charge in [0, 0.05) is 0 Å². The maximum absolute atomic E-state index is 11.6. The lowest BCUT2D eigenvalue weighted by molar-refractivity contribution is -0.155. The van der Waals surface area contributed by atoms with E-state index in [1.807, 2.05) is 30.3 Å². The van der Waals surface area contributed by atoms with Crippen LogP contribution in [0.4, 0.5) is 4.79 Å². The first-order valence-corrected chi connectivity index (χ1v) is 6.94. The number of amides is 1. The predicted octanol–water partition coefficient (Wildman–Crippen LogP) is 2.21. The lowest BCUT2D eigenvalue weighted by atomic mass is 10.2. The highest BCUT2D eigenvalue weighted by atomic mass is 16.6. The van der Waals surface area contributed by atoms with Gasteiger partial charge in [0.05, 0.1) is 12.5 Å². The third-order valence-electron chi connectivity index (χ3n) is 2.49. The number of nitrogens with one attached hydrogen (secondary N) is 1. The first-order chi connectivity index (χ1) is 10.3. The molecule has 0 heterocycles. The van der Waals surface area contributed by atoms with E-state index in [2.05, 4.69) is 5.32 Å². The fourth-order valence-electron chi connectivity index (χ4n) is 1.61. The van der Waals surface area contributed by atoms with Crippen molar-refractivity contribution in [2.75, 3.05) is 0 Å². The summed E-state index contributed by atoms with van der Waals surface area (Å²) in [5.41, 5.74) is 0.186. The quantitative estimate of drug-likeness (QED) is 0.643. The van der Waals surface area contributed by atoms with Gasteiger partial charge in [-0.3, -0.25) is 4.79 Å². The average molecular weight is 307 g/mol. The number of carbonyl (C=O) groups excluding carboxylic acids is 3. The minimum Gasteiger partial charge on any atom is -0.460 e. The fourth-order valence-corrected chi connectivity index (χ4v) is 1.61. The topological polar surface area (TPSA) is 81.7 Å². The molecule has 0 radical (unpaired) electrons. The van der Waals surface area contributed by atoms with Crippen molar-refractivity contribution in [1.82, 2.24) is 5.32 Å². The Hall–Kier alpha value is -2.37. The number of alkyl carbamates (subject to hydrolysis) is 1. The number of aldehydes is 1. The van der Waals surface area contributed by atoms with Crippen molar-refractivity contribution in [3.05, 3.63) is 35.9 Å². The molecular weight excluding hydrogens is 286 g/mol. The number of esters is 1. The van der Waals surface area contributed by atoms with Crippen LogP contribution in [0.2, 0.25) is 0 Å². The van der Waals surface area contributed by atoms with E-state index in [1.165, 1.54) is 0 Å². The Morgan fingerprint density at radius 2 is 1.86 bits per heavy atom. The van der Waals surface area contributed by atoms with E-state index in [4.69, 9.17) is 9.47 Å². The van der Waals surface area contributed by atoms with Gasteiger partial charge in [0.25, 0.3) is 0 Å². The molecule has 1 N–H and O–H groups in total. The van der Waals surface area contributed by atoms with E-state index in [-0.39, 0.29) is 13.0 Å². The van der Waals surface area contributed by atoms with E-state index in [9.17, 15) is 14.4 Å². The standard InChI is InChI=1S/C16H21NO5/c1-16(2,3)22-14(19)9-13(10-18)17-15(20)21-11-12-7-5-4-6-8-12/h4-8,10,13H,9,11H2,1-3H3,(H,17,20). The van der Waals surface area contributed by atoms with Crippen molar-refractivity contribution in [3.8, 4) is 0 Å². The molecule has 1 atom stereocenters. The maximum Gasteiger partial charge on any atom is 0.408 e. The Bertz CT molecular complexity index is 507. The van der Waals surface area contributed by atoms with Crippen LogP contribution >= 0.6 is 0 Å². The second kappa shape index (κ2) is 8.17. The molecule has 6 nitrogen and oxygen atoms in total. The number of rotatable bonds is 6. The van der Waals surface area contributed by atoms with Crippen LogP contribution in [0.3, 0.4) is 0 Å². The molecule has 1 aromatic rings. The summed E-state index contributed by atoms with van der Waals surface area (Å²) < 4.78 is 10.1. The summed E-state index contributed by atoms with van der Waals surface area (Å²) in [6, 6.07) is 8.15. The molecule has 0 fully saturated rings. The molecule has 1 rings (SSSR count). The lowest BCUT2D eigenvalue weighted by Gasteiger charge is -2.20. The second-order valence-corrected chi connectivity index (χ2v) is 5.74. The summed E-state index contributed by atoms with van der Waals surface area (Å²) in [6.45, 7) is 5.26. The number of ether oxygens (including phenoxy) is 2. The van der Waals surface area contributed by atoms with Crippen LogP contribution in [0.5, 0.6) is 0 Å². The van der Waals surface area contributed by atoms with E-state index in [0.29, 0.717) is 6.29 Å². The molecule has 6 heteroatoms. The van der Waals surface area contributed by atoms with Gasteiger partial charge < -0.3 is 19.6 Å². The van der Waals surface area contributed by atoms with E-state index in [1.54, 1.807) is 20.8 Å². The van der Waals surface area contributed by atoms with Crippen molar-refractivity contribution in [1.29, 1.82) is 0 Å². The zero-order valence-corrected chi connectivity index (χ0v) is 13.0. The Labute approximate surface area is 129 Å². The second-order valence-electron chi connectivity index (χ2n) is 5.74. The first kappa shape index (κ1) is 17.7. The largest absolute Gasteiger partial charge is 0.460 e. The Morgan fingerprint density at radius 1 is 1.23 bits per heavy atom. The SMILES string of the molecule is CC(C)(C)OC(=O)CC(C=O)NC(=O)OCc1ccccc1. The first-order valence-electron chi connectivity index (χ1n) is 6.94. The number of carbonyl (C=O) groups is 3. The normalized spacial score (nSPS) is 12.1. The molecular formula is C16H21NO5. The molecule has 0 aliphatic rings. The molecule has 0 aromatic heterocycles. The van der Waals surface area contributed by atoms with Crippen molar-refractivity contribution in [2.24, 2.45) is 0 Å². The van der Waals surface area contributed by atoms with Gasteiger partial charge in [-0.25, -0.2) is 4.79 Å². The molecule has 0 aliphatic carbocycles. The van der Waals surface area contributed by atoms with Crippen LogP contribution in [0.15, 0.2) is 30.3 Å². The number of hydrogen-bond donors (Lipinski definition) is 1. The van der Waals surface area contributed by atoms with Gasteiger partial charge in [0.15, 0.2) is 0 Å². The van der Waals surface area contributed by atoms with E-state index in [0.717, 1.165) is 5.56 Å². The van der Waals surface area contributed by atoms with Gasteiger partial charge in [-0.1, -0.05) is 30.3 Å². The van der Waals surface area contributed by atoms with Gasteiger partial charge in [0.2, 0.25) is 0 Å². The molecule has 1 aromatic carbocycles. The third-order valence-corrected chi connectivity index (χ3v) is 2.49. The smallest absolute Gasteiger partial charge is 0.408 e. The summed E-state index contributed by atoms with van der Waals surface area (Å²) in [4.78, 5) is 34.2. The number of hydrogen-bond acceptors (Lipinski definition) is 5. The molecule has 0 spiro atoms.